The molecular weight excluding hydrogens is 466 g/mol. The quantitative estimate of drug-likeness (QED) is 0.143. The molecule has 0 fully saturated rings. The molecule has 0 atom stereocenters. The lowest BCUT2D eigenvalue weighted by atomic mass is 10.0. The molecule has 4 nitrogen and oxygen atoms in total. The fourth-order valence-corrected chi connectivity index (χ4v) is 5.36. The molecule has 0 spiro atoms. The standard InChI is InChI=1S/C34H51N3O/c1-2-3-4-5-6-7-8-9-10-11-12-13-14-15-16-22-29-37-32-26-21-20-25-31(32)36-33(37)27-28-35-34(38)30-23-18-17-19-24-30/h17-21,23-26H,2-16,22,27-29H2,1H3,(H,35,38). The van der Waals surface area contributed by atoms with Crippen LogP contribution in [0.2, 0.25) is 0 Å². The lowest BCUT2D eigenvalue weighted by Gasteiger charge is -2.10. The summed E-state index contributed by atoms with van der Waals surface area (Å²) in [6.45, 7) is 3.88. The van der Waals surface area contributed by atoms with Crippen LogP contribution in [0.5, 0.6) is 0 Å². The van der Waals surface area contributed by atoms with E-state index in [0.717, 1.165) is 24.3 Å². The van der Waals surface area contributed by atoms with E-state index < -0.39 is 0 Å². The van der Waals surface area contributed by atoms with Crippen molar-refractivity contribution >= 4 is 16.9 Å². The van der Waals surface area contributed by atoms with Crippen molar-refractivity contribution in [1.82, 2.24) is 14.9 Å². The van der Waals surface area contributed by atoms with E-state index >= 15 is 0 Å². The molecule has 38 heavy (non-hydrogen) atoms. The molecule has 1 heterocycles. The fraction of sp³-hybridized carbons (Fsp3) is 0.588. The van der Waals surface area contributed by atoms with Crippen molar-refractivity contribution in [2.24, 2.45) is 0 Å². The summed E-state index contributed by atoms with van der Waals surface area (Å²) >= 11 is 0. The van der Waals surface area contributed by atoms with Crippen molar-refractivity contribution in [3.63, 3.8) is 0 Å². The first-order valence-corrected chi connectivity index (χ1v) is 15.6. The van der Waals surface area contributed by atoms with Crippen molar-refractivity contribution in [2.45, 2.75) is 123 Å². The first kappa shape index (κ1) is 29.9. The van der Waals surface area contributed by atoms with E-state index in [1.165, 1.54) is 108 Å². The minimum atomic E-state index is -0.0222. The summed E-state index contributed by atoms with van der Waals surface area (Å²) < 4.78 is 2.37. The van der Waals surface area contributed by atoms with Gasteiger partial charge in [-0.3, -0.25) is 4.79 Å². The third kappa shape index (κ3) is 11.0. The third-order valence-electron chi connectivity index (χ3n) is 7.64. The minimum Gasteiger partial charge on any atom is -0.352 e. The number of hydrogen-bond acceptors (Lipinski definition) is 2. The topological polar surface area (TPSA) is 46.9 Å². The Morgan fingerprint density at radius 3 is 1.82 bits per heavy atom. The first-order valence-electron chi connectivity index (χ1n) is 15.6. The van der Waals surface area contributed by atoms with E-state index in [1.54, 1.807) is 0 Å². The van der Waals surface area contributed by atoms with Crippen LogP contribution in [0.4, 0.5) is 0 Å². The number of aryl methyl sites for hydroxylation is 1. The van der Waals surface area contributed by atoms with Gasteiger partial charge in [0.25, 0.3) is 5.91 Å². The Morgan fingerprint density at radius 2 is 1.21 bits per heavy atom. The molecule has 4 heteroatoms. The minimum absolute atomic E-state index is 0.0222. The molecule has 0 bridgehead atoms. The van der Waals surface area contributed by atoms with Crippen molar-refractivity contribution in [3.8, 4) is 0 Å². The Morgan fingerprint density at radius 1 is 0.684 bits per heavy atom. The summed E-state index contributed by atoms with van der Waals surface area (Å²) in [5.74, 6) is 1.05. The molecular formula is C34H51N3O. The number of nitrogens with one attached hydrogen (secondary N) is 1. The number of hydrogen-bond donors (Lipinski definition) is 1. The van der Waals surface area contributed by atoms with Gasteiger partial charge in [-0.1, -0.05) is 134 Å². The average molecular weight is 518 g/mol. The van der Waals surface area contributed by atoms with Gasteiger partial charge >= 0.3 is 0 Å². The third-order valence-corrected chi connectivity index (χ3v) is 7.64. The second-order valence-electron chi connectivity index (χ2n) is 10.8. The van der Waals surface area contributed by atoms with E-state index in [-0.39, 0.29) is 5.91 Å². The Kier molecular flexibility index (Phi) is 14.7. The van der Waals surface area contributed by atoms with Crippen molar-refractivity contribution in [3.05, 3.63) is 66.0 Å². The van der Waals surface area contributed by atoms with Crippen LogP contribution in [0.3, 0.4) is 0 Å². The summed E-state index contributed by atoms with van der Waals surface area (Å²) in [4.78, 5) is 17.3. The van der Waals surface area contributed by atoms with E-state index in [1.807, 2.05) is 30.3 Å². The van der Waals surface area contributed by atoms with Gasteiger partial charge in [-0.25, -0.2) is 4.98 Å². The highest BCUT2D eigenvalue weighted by Crippen LogP contribution is 2.19. The number of fused-ring (bicyclic) bond motifs is 1. The number of carbonyl (C=O) groups is 1. The van der Waals surface area contributed by atoms with E-state index in [9.17, 15) is 4.79 Å². The highest BCUT2D eigenvalue weighted by molar-refractivity contribution is 5.94. The van der Waals surface area contributed by atoms with Gasteiger partial charge in [-0.2, -0.15) is 0 Å². The van der Waals surface area contributed by atoms with Crippen LogP contribution in [0.15, 0.2) is 54.6 Å². The normalized spacial score (nSPS) is 11.3. The van der Waals surface area contributed by atoms with Crippen LogP contribution in [0.25, 0.3) is 11.0 Å². The molecule has 3 aromatic rings. The molecule has 208 valence electrons. The molecule has 0 saturated carbocycles. The van der Waals surface area contributed by atoms with Crippen molar-refractivity contribution in [2.75, 3.05) is 6.54 Å². The molecule has 1 amide bonds. The van der Waals surface area contributed by atoms with E-state index in [4.69, 9.17) is 4.98 Å². The number of rotatable bonds is 21. The average Bonchev–Trinajstić information content (AvgIpc) is 3.30. The zero-order chi connectivity index (χ0) is 26.7. The predicted molar refractivity (Wildman–Crippen MR) is 162 cm³/mol. The molecule has 0 radical (unpaired) electrons. The molecule has 3 rings (SSSR count). The smallest absolute Gasteiger partial charge is 0.251 e. The van der Waals surface area contributed by atoms with Gasteiger partial charge in [0.2, 0.25) is 0 Å². The van der Waals surface area contributed by atoms with Gasteiger partial charge in [0, 0.05) is 25.1 Å². The highest BCUT2D eigenvalue weighted by atomic mass is 16.1. The Bertz CT molecular complexity index is 1030. The van der Waals surface area contributed by atoms with Crippen LogP contribution in [0, 0.1) is 0 Å². The van der Waals surface area contributed by atoms with Crippen molar-refractivity contribution in [1.29, 1.82) is 0 Å². The number of carbonyl (C=O) groups excluding carboxylic acids is 1. The number of amides is 1. The summed E-state index contributed by atoms with van der Waals surface area (Å²) in [5, 5.41) is 3.05. The molecule has 0 saturated heterocycles. The van der Waals surface area contributed by atoms with Gasteiger partial charge in [0.05, 0.1) is 11.0 Å². The monoisotopic (exact) mass is 517 g/mol. The SMILES string of the molecule is CCCCCCCCCCCCCCCCCCn1c(CCNC(=O)c2ccccc2)nc2ccccc21. The number of nitrogens with zero attached hydrogens (tertiary/aromatic N) is 2. The summed E-state index contributed by atoms with van der Waals surface area (Å²) in [7, 11) is 0. The first-order chi connectivity index (χ1) is 18.8. The van der Waals surface area contributed by atoms with Crippen LogP contribution in [0.1, 0.15) is 126 Å². The van der Waals surface area contributed by atoms with Gasteiger partial charge in [-0.05, 0) is 30.7 Å². The van der Waals surface area contributed by atoms with Gasteiger partial charge < -0.3 is 9.88 Å². The maximum Gasteiger partial charge on any atom is 0.251 e. The van der Waals surface area contributed by atoms with Crippen LogP contribution in [-0.4, -0.2) is 22.0 Å². The van der Waals surface area contributed by atoms with Crippen molar-refractivity contribution < 1.29 is 4.79 Å². The molecule has 0 unspecified atom stereocenters. The number of aromatic nitrogens is 2. The van der Waals surface area contributed by atoms with E-state index in [0.29, 0.717) is 12.1 Å². The summed E-state index contributed by atoms with van der Waals surface area (Å²) in [6, 6.07) is 17.8. The lowest BCUT2D eigenvalue weighted by molar-refractivity contribution is 0.0954. The largest absolute Gasteiger partial charge is 0.352 e. The van der Waals surface area contributed by atoms with Crippen LogP contribution < -0.4 is 5.32 Å². The molecule has 2 aromatic carbocycles. The maximum atomic E-state index is 12.4. The molecule has 0 aliphatic heterocycles. The fourth-order valence-electron chi connectivity index (χ4n) is 5.36. The Labute approximate surface area is 231 Å². The van der Waals surface area contributed by atoms with E-state index in [2.05, 4.69) is 41.1 Å². The number of unbranched alkanes of at least 4 members (excludes halogenated alkanes) is 15. The molecule has 0 aliphatic carbocycles. The molecule has 1 N–H and O–H groups in total. The number of benzene rings is 2. The zero-order valence-electron chi connectivity index (χ0n) is 23.9. The highest BCUT2D eigenvalue weighted by Gasteiger charge is 2.11. The molecule has 1 aromatic heterocycles. The van der Waals surface area contributed by atoms with Crippen LogP contribution >= 0.6 is 0 Å². The van der Waals surface area contributed by atoms with Gasteiger partial charge in [0.1, 0.15) is 5.82 Å². The summed E-state index contributed by atoms with van der Waals surface area (Å²) in [6.07, 6.45) is 22.9. The molecule has 0 aliphatic rings. The Balaban J connectivity index is 1.27. The predicted octanol–water partition coefficient (Wildman–Crippen LogP) is 9.27. The van der Waals surface area contributed by atoms with Crippen LogP contribution in [-0.2, 0) is 13.0 Å². The second kappa shape index (κ2) is 18.6. The second-order valence-corrected chi connectivity index (χ2v) is 10.8. The number of para-hydroxylation sites is 2. The maximum absolute atomic E-state index is 12.4. The van der Waals surface area contributed by atoms with Gasteiger partial charge in [-0.15, -0.1) is 0 Å². The Hall–Kier alpha value is -2.62. The summed E-state index contributed by atoms with van der Waals surface area (Å²) in [5.41, 5.74) is 2.96. The zero-order valence-corrected chi connectivity index (χ0v) is 23.9. The lowest BCUT2D eigenvalue weighted by Crippen LogP contribution is -2.26. The van der Waals surface area contributed by atoms with Gasteiger partial charge in [0.15, 0.2) is 0 Å². The number of imidazole rings is 1.